The van der Waals surface area contributed by atoms with E-state index in [1.807, 2.05) is 12.1 Å². The van der Waals surface area contributed by atoms with E-state index < -0.39 is 0 Å². The molecule has 1 unspecified atom stereocenters. The highest BCUT2D eigenvalue weighted by Crippen LogP contribution is 2.26. The van der Waals surface area contributed by atoms with Crippen molar-refractivity contribution < 1.29 is 9.84 Å². The number of hydrogen-bond acceptors (Lipinski definition) is 3. The van der Waals surface area contributed by atoms with Crippen molar-refractivity contribution in [3.8, 4) is 11.5 Å². The van der Waals surface area contributed by atoms with Crippen molar-refractivity contribution in [3.63, 3.8) is 0 Å². The molecule has 118 valence electrons. The van der Waals surface area contributed by atoms with Crippen LogP contribution in [-0.2, 0) is 6.54 Å². The number of ether oxygens (including phenoxy) is 1. The van der Waals surface area contributed by atoms with Crippen LogP contribution in [0.25, 0.3) is 0 Å². The lowest BCUT2D eigenvalue weighted by Gasteiger charge is -2.16. The van der Waals surface area contributed by atoms with E-state index in [1.54, 1.807) is 13.2 Å². The lowest BCUT2D eigenvalue weighted by Crippen LogP contribution is -2.18. The van der Waals surface area contributed by atoms with Crippen molar-refractivity contribution in [2.45, 2.75) is 39.3 Å². The molecule has 0 fully saturated rings. The Morgan fingerprint density at radius 3 is 2.23 bits per heavy atom. The minimum Gasteiger partial charge on any atom is -0.504 e. The molecule has 0 heterocycles. The summed E-state index contributed by atoms with van der Waals surface area (Å²) < 4.78 is 5.13. The Morgan fingerprint density at radius 1 is 1.00 bits per heavy atom. The summed E-state index contributed by atoms with van der Waals surface area (Å²) >= 11 is 0. The zero-order chi connectivity index (χ0) is 16.1. The maximum Gasteiger partial charge on any atom is 0.160 e. The van der Waals surface area contributed by atoms with Crippen LogP contribution in [-0.4, -0.2) is 12.2 Å². The number of aromatic hydroxyl groups is 1. The molecule has 3 heteroatoms. The number of methoxy groups -OCH3 is 1. The second kappa shape index (κ2) is 7.32. The van der Waals surface area contributed by atoms with Gasteiger partial charge in [-0.2, -0.15) is 0 Å². The van der Waals surface area contributed by atoms with Gasteiger partial charge in [0.2, 0.25) is 0 Å². The van der Waals surface area contributed by atoms with Crippen LogP contribution in [0.15, 0.2) is 42.5 Å². The van der Waals surface area contributed by atoms with Crippen LogP contribution < -0.4 is 10.1 Å². The van der Waals surface area contributed by atoms with Gasteiger partial charge in [0.1, 0.15) is 0 Å². The quantitative estimate of drug-likeness (QED) is 0.832. The molecule has 0 aromatic heterocycles. The summed E-state index contributed by atoms with van der Waals surface area (Å²) in [7, 11) is 1.56. The Kier molecular flexibility index (Phi) is 5.45. The smallest absolute Gasteiger partial charge is 0.160 e. The van der Waals surface area contributed by atoms with Gasteiger partial charge in [0.15, 0.2) is 11.5 Å². The van der Waals surface area contributed by atoms with Crippen molar-refractivity contribution in [2.75, 3.05) is 7.11 Å². The maximum absolute atomic E-state index is 9.62. The number of nitrogens with one attached hydrogen (secondary N) is 1. The molecule has 0 saturated carbocycles. The van der Waals surface area contributed by atoms with Gasteiger partial charge in [-0.3, -0.25) is 0 Å². The number of hydrogen-bond donors (Lipinski definition) is 2. The molecule has 2 rings (SSSR count). The standard InChI is InChI=1S/C19H25NO2/c1-13(2)16-6-8-17(9-7-16)14(3)20-12-15-5-10-18(21)19(11-15)22-4/h5-11,13-14,20-21H,12H2,1-4H3. The summed E-state index contributed by atoms with van der Waals surface area (Å²) in [4.78, 5) is 0. The third-order valence-corrected chi connectivity index (χ3v) is 3.96. The van der Waals surface area contributed by atoms with Gasteiger partial charge in [-0.25, -0.2) is 0 Å². The molecule has 0 bridgehead atoms. The van der Waals surface area contributed by atoms with E-state index >= 15 is 0 Å². The van der Waals surface area contributed by atoms with Crippen LogP contribution in [0.5, 0.6) is 11.5 Å². The van der Waals surface area contributed by atoms with Gasteiger partial charge in [-0.05, 0) is 41.7 Å². The third-order valence-electron chi connectivity index (χ3n) is 3.96. The average molecular weight is 299 g/mol. The molecule has 2 N–H and O–H groups in total. The molecule has 0 amide bonds. The Morgan fingerprint density at radius 2 is 1.64 bits per heavy atom. The fourth-order valence-electron chi connectivity index (χ4n) is 2.39. The van der Waals surface area contributed by atoms with Gasteiger partial charge in [-0.15, -0.1) is 0 Å². The topological polar surface area (TPSA) is 41.5 Å². The van der Waals surface area contributed by atoms with Crippen LogP contribution in [0, 0.1) is 0 Å². The van der Waals surface area contributed by atoms with Crippen molar-refractivity contribution in [1.29, 1.82) is 0 Å². The van der Waals surface area contributed by atoms with Gasteiger partial charge in [0, 0.05) is 12.6 Å². The van der Waals surface area contributed by atoms with Crippen LogP contribution >= 0.6 is 0 Å². The first kappa shape index (κ1) is 16.4. The van der Waals surface area contributed by atoms with E-state index in [1.165, 1.54) is 11.1 Å². The zero-order valence-electron chi connectivity index (χ0n) is 13.8. The van der Waals surface area contributed by atoms with Gasteiger partial charge in [0.05, 0.1) is 7.11 Å². The number of rotatable bonds is 6. The van der Waals surface area contributed by atoms with Crippen LogP contribution in [0.4, 0.5) is 0 Å². The van der Waals surface area contributed by atoms with Crippen molar-refractivity contribution >= 4 is 0 Å². The van der Waals surface area contributed by atoms with E-state index in [2.05, 4.69) is 50.4 Å². The van der Waals surface area contributed by atoms with Crippen LogP contribution in [0.1, 0.15) is 49.4 Å². The first-order valence-corrected chi connectivity index (χ1v) is 7.70. The fourth-order valence-corrected chi connectivity index (χ4v) is 2.39. The minimum atomic E-state index is 0.170. The number of phenolic OH excluding ortho intramolecular Hbond substituents is 1. The molecule has 0 spiro atoms. The van der Waals surface area contributed by atoms with Gasteiger partial charge < -0.3 is 15.2 Å². The highest BCUT2D eigenvalue weighted by atomic mass is 16.5. The monoisotopic (exact) mass is 299 g/mol. The summed E-state index contributed by atoms with van der Waals surface area (Å²) in [5, 5.41) is 13.1. The van der Waals surface area contributed by atoms with Gasteiger partial charge in [-0.1, -0.05) is 44.2 Å². The molecule has 1 atom stereocenters. The molecule has 0 aliphatic rings. The lowest BCUT2D eigenvalue weighted by atomic mass is 9.99. The third kappa shape index (κ3) is 4.01. The van der Waals surface area contributed by atoms with E-state index in [9.17, 15) is 5.11 Å². The Bertz CT molecular complexity index is 605. The summed E-state index contributed by atoms with van der Waals surface area (Å²) in [5.74, 6) is 1.23. The zero-order valence-corrected chi connectivity index (χ0v) is 13.8. The van der Waals surface area contributed by atoms with Gasteiger partial charge in [0.25, 0.3) is 0 Å². The van der Waals surface area contributed by atoms with Crippen LogP contribution in [0.3, 0.4) is 0 Å². The van der Waals surface area contributed by atoms with Crippen molar-refractivity contribution in [1.82, 2.24) is 5.32 Å². The van der Waals surface area contributed by atoms with E-state index in [0.29, 0.717) is 11.7 Å². The molecule has 0 radical (unpaired) electrons. The molecule has 0 aliphatic carbocycles. The summed E-state index contributed by atoms with van der Waals surface area (Å²) in [6.45, 7) is 7.29. The van der Waals surface area contributed by atoms with E-state index in [-0.39, 0.29) is 11.8 Å². The molecule has 3 nitrogen and oxygen atoms in total. The second-order valence-electron chi connectivity index (χ2n) is 5.93. The normalized spacial score (nSPS) is 12.4. The average Bonchev–Trinajstić information content (AvgIpc) is 2.53. The predicted octanol–water partition coefficient (Wildman–Crippen LogP) is 4.38. The van der Waals surface area contributed by atoms with Gasteiger partial charge >= 0.3 is 0 Å². The Balaban J connectivity index is 1.98. The fraction of sp³-hybridized carbons (Fsp3) is 0.368. The summed E-state index contributed by atoms with van der Waals surface area (Å²) in [6.07, 6.45) is 0. The van der Waals surface area contributed by atoms with Crippen LogP contribution in [0.2, 0.25) is 0 Å². The maximum atomic E-state index is 9.62. The highest BCUT2D eigenvalue weighted by molar-refractivity contribution is 5.41. The molecule has 0 saturated heterocycles. The molecular formula is C19H25NO2. The first-order valence-electron chi connectivity index (χ1n) is 7.70. The van der Waals surface area contributed by atoms with E-state index in [4.69, 9.17) is 4.74 Å². The molecule has 0 aliphatic heterocycles. The Hall–Kier alpha value is -2.00. The van der Waals surface area contributed by atoms with Crippen molar-refractivity contribution in [2.24, 2.45) is 0 Å². The number of benzene rings is 2. The first-order chi connectivity index (χ1) is 10.5. The Labute approximate surface area is 133 Å². The summed E-state index contributed by atoms with van der Waals surface area (Å²) in [5.41, 5.74) is 3.72. The SMILES string of the molecule is COc1cc(CNC(C)c2ccc(C(C)C)cc2)ccc1O. The molecule has 2 aromatic rings. The molecular weight excluding hydrogens is 274 g/mol. The van der Waals surface area contributed by atoms with E-state index in [0.717, 1.165) is 12.1 Å². The summed E-state index contributed by atoms with van der Waals surface area (Å²) in [6, 6.07) is 14.5. The highest BCUT2D eigenvalue weighted by Gasteiger charge is 2.07. The number of phenols is 1. The molecule has 2 aromatic carbocycles. The minimum absolute atomic E-state index is 0.170. The van der Waals surface area contributed by atoms with Crippen molar-refractivity contribution in [3.05, 3.63) is 59.2 Å². The largest absolute Gasteiger partial charge is 0.504 e. The molecule has 22 heavy (non-hydrogen) atoms. The predicted molar refractivity (Wildman–Crippen MR) is 90.4 cm³/mol. The second-order valence-corrected chi connectivity index (χ2v) is 5.93. The lowest BCUT2D eigenvalue weighted by molar-refractivity contribution is 0.372.